The molecule has 0 spiro atoms. The number of carbonyl (C=O) groups is 3. The average Bonchev–Trinajstić information content (AvgIpc) is 3.13. The van der Waals surface area contributed by atoms with Gasteiger partial charge in [-0.25, -0.2) is 4.79 Å². The maximum Gasteiger partial charge on any atom is 0.508 e. The molecule has 2 unspecified atom stereocenters. The van der Waals surface area contributed by atoms with Gasteiger partial charge in [0.15, 0.2) is 0 Å². The molecule has 308 valence electrons. The third kappa shape index (κ3) is 31.7. The summed E-state index contributed by atoms with van der Waals surface area (Å²) in [5, 5.41) is 0. The van der Waals surface area contributed by atoms with E-state index in [1.807, 2.05) is 14.1 Å². The Balaban J connectivity index is 2.79. The van der Waals surface area contributed by atoms with Crippen LogP contribution in [0.15, 0.2) is 24.3 Å². The molecule has 1 heterocycles. The second kappa shape index (κ2) is 35.4. The first-order chi connectivity index (χ1) is 25.8. The van der Waals surface area contributed by atoms with E-state index in [4.69, 9.17) is 18.9 Å². The van der Waals surface area contributed by atoms with Gasteiger partial charge >= 0.3 is 18.1 Å². The average molecular weight is 748 g/mol. The topological polar surface area (TPSA) is 91.4 Å². The van der Waals surface area contributed by atoms with E-state index in [0.29, 0.717) is 19.4 Å². The van der Waals surface area contributed by atoms with Crippen LogP contribution in [0.1, 0.15) is 200 Å². The van der Waals surface area contributed by atoms with E-state index in [-0.39, 0.29) is 43.1 Å². The minimum absolute atomic E-state index is 0.0699. The van der Waals surface area contributed by atoms with Crippen LogP contribution in [-0.4, -0.2) is 68.6 Å². The van der Waals surface area contributed by atoms with Crippen LogP contribution in [0, 0.1) is 0 Å². The second-order valence-electron chi connectivity index (χ2n) is 15.5. The lowest BCUT2D eigenvalue weighted by molar-refractivity contribution is -0.156. The first-order valence-corrected chi connectivity index (χ1v) is 22.0. The van der Waals surface area contributed by atoms with Gasteiger partial charge in [-0.05, 0) is 97.6 Å². The number of unbranched alkanes of at least 4 members (excludes halogenated alkanes) is 6. The van der Waals surface area contributed by atoms with Crippen LogP contribution in [0.5, 0.6) is 0 Å². The molecule has 53 heavy (non-hydrogen) atoms. The van der Waals surface area contributed by atoms with Gasteiger partial charge in [-0.1, -0.05) is 115 Å². The molecule has 2 atom stereocenters. The molecule has 0 bridgehead atoms. The van der Waals surface area contributed by atoms with Crippen molar-refractivity contribution in [2.45, 2.75) is 218 Å². The molecule has 1 aliphatic rings. The summed E-state index contributed by atoms with van der Waals surface area (Å²) in [5.74, 6) is -0.604. The summed E-state index contributed by atoms with van der Waals surface area (Å²) in [5.41, 5.74) is 0. The van der Waals surface area contributed by atoms with Gasteiger partial charge < -0.3 is 23.8 Å². The molecule has 8 nitrogen and oxygen atoms in total. The number of hydrogen-bond acceptors (Lipinski definition) is 8. The molecular weight excluding hydrogens is 666 g/mol. The molecule has 0 radical (unpaired) electrons. The van der Waals surface area contributed by atoms with Crippen molar-refractivity contribution >= 4 is 18.1 Å². The van der Waals surface area contributed by atoms with E-state index in [1.54, 1.807) is 0 Å². The van der Waals surface area contributed by atoms with Crippen LogP contribution in [0.2, 0.25) is 0 Å². The standard InChI is InChI=1S/C45H81NO7/c1-5-7-9-23-30-40-32-25-19-15-11-13-17-21-27-34-42(53-45(49)50-39-29-38-46(3)4)35-28-22-18-14-12-16-20-26-33-41(31-24-10-8-6-2)52-44(48)37-36-43(47)51-40/h19-20,25-26,40-42H,5-18,21-24,27-39H2,1-4H3. The maximum absolute atomic E-state index is 12.8. The molecule has 0 aromatic carbocycles. The monoisotopic (exact) mass is 748 g/mol. The fourth-order valence-corrected chi connectivity index (χ4v) is 6.77. The molecule has 0 aliphatic carbocycles. The van der Waals surface area contributed by atoms with E-state index >= 15 is 0 Å². The number of allylic oxidation sites excluding steroid dienone is 2. The normalized spacial score (nSPS) is 21.9. The fraction of sp³-hybridized carbons (Fsp3) is 0.844. The Hall–Kier alpha value is -2.35. The summed E-state index contributed by atoms with van der Waals surface area (Å²) in [4.78, 5) is 40.2. The number of esters is 2. The summed E-state index contributed by atoms with van der Waals surface area (Å²) in [6, 6.07) is 0. The summed E-state index contributed by atoms with van der Waals surface area (Å²) in [6.45, 7) is 5.67. The minimum Gasteiger partial charge on any atom is -0.462 e. The Bertz CT molecular complexity index is 889. The van der Waals surface area contributed by atoms with E-state index in [2.05, 4.69) is 43.1 Å². The highest BCUT2D eigenvalue weighted by Gasteiger charge is 2.18. The highest BCUT2D eigenvalue weighted by Crippen LogP contribution is 2.20. The van der Waals surface area contributed by atoms with Crippen LogP contribution < -0.4 is 0 Å². The van der Waals surface area contributed by atoms with Crippen molar-refractivity contribution in [3.05, 3.63) is 24.3 Å². The van der Waals surface area contributed by atoms with Crippen molar-refractivity contribution in [3.63, 3.8) is 0 Å². The van der Waals surface area contributed by atoms with Gasteiger partial charge in [-0.3, -0.25) is 9.59 Å². The minimum atomic E-state index is -0.523. The second-order valence-corrected chi connectivity index (χ2v) is 15.5. The molecule has 1 aliphatic heterocycles. The smallest absolute Gasteiger partial charge is 0.462 e. The van der Waals surface area contributed by atoms with Gasteiger partial charge in [-0.2, -0.15) is 0 Å². The van der Waals surface area contributed by atoms with Crippen molar-refractivity contribution in [3.8, 4) is 0 Å². The highest BCUT2D eigenvalue weighted by atomic mass is 16.7. The quantitative estimate of drug-likeness (QED) is 0.0708. The predicted molar refractivity (Wildman–Crippen MR) is 218 cm³/mol. The summed E-state index contributed by atoms with van der Waals surface area (Å²) in [7, 11) is 4.03. The number of nitrogens with zero attached hydrogens (tertiary/aromatic N) is 1. The molecule has 0 saturated heterocycles. The Labute approximate surface area is 325 Å². The molecule has 1 rings (SSSR count). The van der Waals surface area contributed by atoms with Crippen molar-refractivity contribution in [2.24, 2.45) is 0 Å². The van der Waals surface area contributed by atoms with Crippen LogP contribution in [0.4, 0.5) is 4.79 Å². The van der Waals surface area contributed by atoms with Crippen molar-refractivity contribution in [1.82, 2.24) is 4.90 Å². The van der Waals surface area contributed by atoms with E-state index in [9.17, 15) is 14.4 Å². The zero-order valence-electron chi connectivity index (χ0n) is 34.8. The molecule has 0 amide bonds. The zero-order chi connectivity index (χ0) is 38.6. The van der Waals surface area contributed by atoms with Gasteiger partial charge in [-0.15, -0.1) is 0 Å². The van der Waals surface area contributed by atoms with Gasteiger partial charge in [0.05, 0.1) is 19.4 Å². The predicted octanol–water partition coefficient (Wildman–Crippen LogP) is 12.4. The molecule has 0 N–H and O–H groups in total. The summed E-state index contributed by atoms with van der Waals surface area (Å²) >= 11 is 0. The Morgan fingerprint density at radius 3 is 1.58 bits per heavy atom. The molecule has 0 fully saturated rings. The van der Waals surface area contributed by atoms with Crippen LogP contribution in [0.25, 0.3) is 0 Å². The first kappa shape index (κ1) is 48.7. The third-order valence-electron chi connectivity index (χ3n) is 10.0. The van der Waals surface area contributed by atoms with Crippen LogP contribution in [-0.2, 0) is 28.5 Å². The summed E-state index contributed by atoms with van der Waals surface area (Å²) < 4.78 is 23.0. The lowest BCUT2D eigenvalue weighted by Crippen LogP contribution is -2.21. The Kier molecular flexibility index (Phi) is 32.5. The Morgan fingerprint density at radius 2 is 1.11 bits per heavy atom. The fourth-order valence-electron chi connectivity index (χ4n) is 6.77. The van der Waals surface area contributed by atoms with Gasteiger partial charge in [0.1, 0.15) is 18.3 Å². The zero-order valence-corrected chi connectivity index (χ0v) is 34.8. The molecular formula is C45H81NO7. The number of rotatable bonds is 15. The van der Waals surface area contributed by atoms with E-state index in [0.717, 1.165) is 116 Å². The van der Waals surface area contributed by atoms with Crippen molar-refractivity contribution in [2.75, 3.05) is 27.2 Å². The maximum atomic E-state index is 12.8. The lowest BCUT2D eigenvalue weighted by atomic mass is 10.0. The number of carbonyl (C=O) groups excluding carboxylic acids is 3. The van der Waals surface area contributed by atoms with E-state index in [1.165, 1.54) is 51.4 Å². The Morgan fingerprint density at radius 1 is 0.642 bits per heavy atom. The van der Waals surface area contributed by atoms with E-state index < -0.39 is 6.16 Å². The molecule has 8 heteroatoms. The van der Waals surface area contributed by atoms with Crippen LogP contribution >= 0.6 is 0 Å². The molecule has 0 aromatic rings. The van der Waals surface area contributed by atoms with Gasteiger partial charge in [0.25, 0.3) is 0 Å². The number of hydrogen-bond donors (Lipinski definition) is 0. The number of ether oxygens (including phenoxy) is 4. The highest BCUT2D eigenvalue weighted by molar-refractivity contribution is 5.77. The third-order valence-corrected chi connectivity index (χ3v) is 10.0. The van der Waals surface area contributed by atoms with Crippen molar-refractivity contribution < 1.29 is 33.3 Å². The molecule has 0 saturated carbocycles. The van der Waals surface area contributed by atoms with Crippen molar-refractivity contribution in [1.29, 1.82) is 0 Å². The molecule has 0 aromatic heterocycles. The SMILES string of the molecule is CCCCCCC1CC=CCCCCCCCC(OC(=O)OCCCN(C)C)CCCCCCCC=CCC(CCCCCC)OC(=O)CCC(=O)O1. The summed E-state index contributed by atoms with van der Waals surface area (Å²) in [6.07, 6.45) is 36.2. The largest absolute Gasteiger partial charge is 0.508 e. The van der Waals surface area contributed by atoms with Gasteiger partial charge in [0.2, 0.25) is 0 Å². The van der Waals surface area contributed by atoms with Crippen LogP contribution in [0.3, 0.4) is 0 Å². The lowest BCUT2D eigenvalue weighted by Gasteiger charge is -2.18. The van der Waals surface area contributed by atoms with Gasteiger partial charge in [0, 0.05) is 19.4 Å². The number of cyclic esters (lactones) is 2. The first-order valence-electron chi connectivity index (χ1n) is 22.0.